The maximum Gasteiger partial charge on any atom is 0.250 e. The minimum Gasteiger partial charge on any atom is -0.355 e. The zero-order valence-electron chi connectivity index (χ0n) is 20.3. The Morgan fingerprint density at radius 1 is 1.00 bits per heavy atom. The summed E-state index contributed by atoms with van der Waals surface area (Å²) in [6.45, 7) is 4.20. The number of nitrogens with one attached hydrogen (secondary N) is 1. The van der Waals surface area contributed by atoms with Crippen LogP contribution in [-0.4, -0.2) is 71.7 Å². The third-order valence-electron chi connectivity index (χ3n) is 6.82. The largest absolute Gasteiger partial charge is 0.355 e. The predicted molar refractivity (Wildman–Crippen MR) is 139 cm³/mol. The van der Waals surface area contributed by atoms with E-state index in [4.69, 9.17) is 0 Å². The van der Waals surface area contributed by atoms with E-state index < -0.39 is 5.54 Å². The van der Waals surface area contributed by atoms with Crippen LogP contribution in [-0.2, 0) is 14.4 Å². The van der Waals surface area contributed by atoms with Crippen LogP contribution in [0.4, 0.5) is 5.69 Å². The third kappa shape index (κ3) is 5.81. The molecule has 2 fully saturated rings. The SMILES string of the molecule is CCCCNC(=O)CN1CN(c2ccccc2)C2(CCN(C(=O)CSc3ccccc3)CC2)C1=O. The highest BCUT2D eigenvalue weighted by Gasteiger charge is 2.54. The first kappa shape index (κ1) is 25.1. The number of benzene rings is 2. The topological polar surface area (TPSA) is 73.0 Å². The molecule has 186 valence electrons. The van der Waals surface area contributed by atoms with Crippen molar-refractivity contribution in [1.82, 2.24) is 15.1 Å². The van der Waals surface area contributed by atoms with Crippen molar-refractivity contribution in [1.29, 1.82) is 0 Å². The number of hydrogen-bond acceptors (Lipinski definition) is 5. The van der Waals surface area contributed by atoms with Crippen LogP contribution in [0.2, 0.25) is 0 Å². The molecule has 0 atom stereocenters. The van der Waals surface area contributed by atoms with E-state index in [2.05, 4.69) is 17.1 Å². The van der Waals surface area contributed by atoms with Crippen molar-refractivity contribution >= 4 is 35.2 Å². The van der Waals surface area contributed by atoms with Gasteiger partial charge in [-0.15, -0.1) is 11.8 Å². The summed E-state index contributed by atoms with van der Waals surface area (Å²) in [4.78, 5) is 45.8. The van der Waals surface area contributed by atoms with Gasteiger partial charge in [-0.1, -0.05) is 49.7 Å². The van der Waals surface area contributed by atoms with Crippen molar-refractivity contribution in [3.05, 3.63) is 60.7 Å². The standard InChI is InChI=1S/C27H34N4O3S/c1-2-3-16-28-24(32)19-30-21-31(22-10-6-4-7-11-22)27(26(30)34)14-17-29(18-15-27)25(33)20-35-23-12-8-5-9-13-23/h4-13H,2-3,14-21H2,1H3,(H,28,32). The highest BCUT2D eigenvalue weighted by molar-refractivity contribution is 8.00. The minimum absolute atomic E-state index is 0.0160. The molecule has 2 aliphatic rings. The fourth-order valence-electron chi connectivity index (χ4n) is 4.84. The number of likely N-dealkylation sites (tertiary alicyclic amines) is 1. The van der Waals surface area contributed by atoms with Gasteiger partial charge < -0.3 is 20.0 Å². The second-order valence-electron chi connectivity index (χ2n) is 9.13. The average Bonchev–Trinajstić information content (AvgIpc) is 3.15. The molecule has 2 saturated heterocycles. The number of unbranched alkanes of at least 4 members (excludes halogenated alkanes) is 1. The van der Waals surface area contributed by atoms with Crippen LogP contribution in [0.3, 0.4) is 0 Å². The number of carbonyl (C=O) groups excluding carboxylic acids is 3. The fourth-order valence-corrected chi connectivity index (χ4v) is 5.66. The maximum absolute atomic E-state index is 13.7. The first-order chi connectivity index (χ1) is 17.0. The van der Waals surface area contributed by atoms with Crippen LogP contribution in [0.5, 0.6) is 0 Å². The first-order valence-corrected chi connectivity index (χ1v) is 13.4. The molecule has 35 heavy (non-hydrogen) atoms. The van der Waals surface area contributed by atoms with E-state index in [9.17, 15) is 14.4 Å². The first-order valence-electron chi connectivity index (χ1n) is 12.4. The van der Waals surface area contributed by atoms with E-state index >= 15 is 0 Å². The second-order valence-corrected chi connectivity index (χ2v) is 10.2. The molecule has 2 aromatic rings. The minimum atomic E-state index is -0.728. The van der Waals surface area contributed by atoms with Gasteiger partial charge in [-0.25, -0.2) is 0 Å². The quantitative estimate of drug-likeness (QED) is 0.428. The molecule has 1 N–H and O–H groups in total. The molecule has 1 spiro atoms. The van der Waals surface area contributed by atoms with Gasteiger partial charge in [0.25, 0.3) is 5.91 Å². The molecule has 3 amide bonds. The molecule has 2 aliphatic heterocycles. The summed E-state index contributed by atoms with van der Waals surface area (Å²) < 4.78 is 0. The predicted octanol–water partition coefficient (Wildman–Crippen LogP) is 3.36. The Labute approximate surface area is 211 Å². The number of nitrogens with zero attached hydrogens (tertiary/aromatic N) is 3. The molecule has 0 unspecified atom stereocenters. The molecular formula is C27H34N4O3S. The lowest BCUT2D eigenvalue weighted by Crippen LogP contribution is -2.57. The van der Waals surface area contributed by atoms with Gasteiger partial charge in [-0.2, -0.15) is 0 Å². The van der Waals surface area contributed by atoms with Gasteiger partial charge in [0.2, 0.25) is 11.8 Å². The third-order valence-corrected chi connectivity index (χ3v) is 7.81. The molecular weight excluding hydrogens is 460 g/mol. The van der Waals surface area contributed by atoms with Gasteiger partial charge in [0, 0.05) is 30.2 Å². The van der Waals surface area contributed by atoms with E-state index in [1.165, 1.54) is 11.8 Å². The zero-order valence-corrected chi connectivity index (χ0v) is 21.1. The summed E-state index contributed by atoms with van der Waals surface area (Å²) in [7, 11) is 0. The molecule has 2 heterocycles. The summed E-state index contributed by atoms with van der Waals surface area (Å²) >= 11 is 1.54. The van der Waals surface area contributed by atoms with Gasteiger partial charge in [0.05, 0.1) is 12.4 Å². The summed E-state index contributed by atoms with van der Waals surface area (Å²) in [6, 6.07) is 19.8. The van der Waals surface area contributed by atoms with Crippen molar-refractivity contribution in [2.75, 3.05) is 43.5 Å². The number of carbonyl (C=O) groups is 3. The zero-order chi connectivity index (χ0) is 24.7. The monoisotopic (exact) mass is 494 g/mol. The summed E-state index contributed by atoms with van der Waals surface area (Å²) in [5.74, 6) is 0.343. The number of thioether (sulfide) groups is 1. The van der Waals surface area contributed by atoms with Crippen LogP contribution in [0.15, 0.2) is 65.6 Å². The lowest BCUT2D eigenvalue weighted by atomic mass is 9.85. The Hall–Kier alpha value is -3.00. The van der Waals surface area contributed by atoms with E-state index in [1.807, 2.05) is 65.6 Å². The fraction of sp³-hybridized carbons (Fsp3) is 0.444. The molecule has 8 heteroatoms. The van der Waals surface area contributed by atoms with E-state index in [0.717, 1.165) is 23.4 Å². The Balaban J connectivity index is 1.43. The smallest absolute Gasteiger partial charge is 0.250 e. The Kier molecular flexibility index (Phi) is 8.33. The molecule has 0 radical (unpaired) electrons. The van der Waals surface area contributed by atoms with Crippen molar-refractivity contribution < 1.29 is 14.4 Å². The highest BCUT2D eigenvalue weighted by Crippen LogP contribution is 2.39. The maximum atomic E-state index is 13.7. The molecule has 0 aliphatic carbocycles. The number of para-hydroxylation sites is 1. The number of anilines is 1. The summed E-state index contributed by atoms with van der Waals surface area (Å²) in [5, 5.41) is 2.92. The summed E-state index contributed by atoms with van der Waals surface area (Å²) in [6.07, 6.45) is 3.03. The number of amides is 3. The van der Waals surface area contributed by atoms with Crippen molar-refractivity contribution in [3.63, 3.8) is 0 Å². The van der Waals surface area contributed by atoms with E-state index in [1.54, 1.807) is 4.90 Å². The average molecular weight is 495 g/mol. The van der Waals surface area contributed by atoms with Crippen LogP contribution < -0.4 is 10.2 Å². The van der Waals surface area contributed by atoms with E-state index in [0.29, 0.717) is 44.9 Å². The van der Waals surface area contributed by atoms with Gasteiger partial charge in [0.15, 0.2) is 0 Å². The summed E-state index contributed by atoms with van der Waals surface area (Å²) in [5.41, 5.74) is 0.239. The molecule has 0 saturated carbocycles. The van der Waals surface area contributed by atoms with Gasteiger partial charge in [0.1, 0.15) is 12.1 Å². The van der Waals surface area contributed by atoms with Crippen molar-refractivity contribution in [2.24, 2.45) is 0 Å². The molecule has 0 aromatic heterocycles. The molecule has 0 bridgehead atoms. The molecule has 4 rings (SSSR count). The normalized spacial score (nSPS) is 17.2. The van der Waals surface area contributed by atoms with Crippen LogP contribution in [0.25, 0.3) is 0 Å². The molecule has 2 aromatic carbocycles. The Morgan fingerprint density at radius 2 is 1.66 bits per heavy atom. The highest BCUT2D eigenvalue weighted by atomic mass is 32.2. The number of piperidine rings is 1. The van der Waals surface area contributed by atoms with Gasteiger partial charge >= 0.3 is 0 Å². The van der Waals surface area contributed by atoms with Crippen LogP contribution in [0.1, 0.15) is 32.6 Å². The molecule has 7 nitrogen and oxygen atoms in total. The number of hydrogen-bond donors (Lipinski definition) is 1. The van der Waals surface area contributed by atoms with Gasteiger partial charge in [-0.3, -0.25) is 14.4 Å². The van der Waals surface area contributed by atoms with Gasteiger partial charge in [-0.05, 0) is 43.5 Å². The Morgan fingerprint density at radius 3 is 2.31 bits per heavy atom. The van der Waals surface area contributed by atoms with E-state index in [-0.39, 0.29) is 24.3 Å². The van der Waals surface area contributed by atoms with Crippen LogP contribution >= 0.6 is 11.8 Å². The lowest BCUT2D eigenvalue weighted by Gasteiger charge is -2.43. The Bertz CT molecular complexity index is 1010. The van der Waals surface area contributed by atoms with Crippen molar-refractivity contribution in [3.8, 4) is 0 Å². The van der Waals surface area contributed by atoms with Crippen LogP contribution in [0, 0.1) is 0 Å². The number of rotatable bonds is 9. The van der Waals surface area contributed by atoms with Crippen molar-refractivity contribution in [2.45, 2.75) is 43.0 Å². The lowest BCUT2D eigenvalue weighted by molar-refractivity contribution is -0.139. The second kappa shape index (κ2) is 11.6.